The lowest BCUT2D eigenvalue weighted by Gasteiger charge is -2.08. The molecule has 0 saturated heterocycles. The predicted molar refractivity (Wildman–Crippen MR) is 97.2 cm³/mol. The minimum absolute atomic E-state index is 0.0529. The van der Waals surface area contributed by atoms with Gasteiger partial charge in [-0.1, -0.05) is 40.5 Å². The number of methoxy groups -OCH3 is 1. The summed E-state index contributed by atoms with van der Waals surface area (Å²) < 4.78 is 11.2. The molecule has 140 valence electrons. The lowest BCUT2D eigenvalue weighted by molar-refractivity contribution is -0.115. The second-order valence-electron chi connectivity index (χ2n) is 5.30. The molecule has 0 atom stereocenters. The number of amides is 1. The van der Waals surface area contributed by atoms with Crippen LogP contribution in [0.15, 0.2) is 39.8 Å². The molecular weight excluding hydrogens is 397 g/mol. The Morgan fingerprint density at radius 1 is 1.33 bits per heavy atom. The van der Waals surface area contributed by atoms with E-state index in [9.17, 15) is 9.59 Å². The van der Waals surface area contributed by atoms with E-state index < -0.39 is 5.56 Å². The molecule has 0 spiro atoms. The van der Waals surface area contributed by atoms with E-state index in [1.54, 1.807) is 24.3 Å². The van der Waals surface area contributed by atoms with E-state index >= 15 is 0 Å². The highest BCUT2D eigenvalue weighted by molar-refractivity contribution is 6.41. The van der Waals surface area contributed by atoms with Crippen molar-refractivity contribution >= 4 is 34.8 Å². The van der Waals surface area contributed by atoms with E-state index in [-0.39, 0.29) is 40.6 Å². The number of nitrogens with zero attached hydrogens (tertiary/aromatic N) is 4. The van der Waals surface area contributed by atoms with Crippen molar-refractivity contribution < 1.29 is 14.1 Å². The third-order valence-electron chi connectivity index (χ3n) is 3.44. The topological polar surface area (TPSA) is 112 Å². The number of ether oxygens (including phenoxy) is 1. The SMILES string of the molecule is COc1ccccc1NC(=O)Cc1noc(Cn2ncc(Cl)c(Cl)c2=O)n1. The smallest absolute Gasteiger partial charge is 0.287 e. The van der Waals surface area contributed by atoms with Crippen molar-refractivity contribution in [3.63, 3.8) is 0 Å². The molecular formula is C16H13Cl2N5O4. The van der Waals surface area contributed by atoms with Crippen molar-refractivity contribution in [1.29, 1.82) is 0 Å². The van der Waals surface area contributed by atoms with Gasteiger partial charge in [-0.25, -0.2) is 4.68 Å². The van der Waals surface area contributed by atoms with Crippen LogP contribution in [0.25, 0.3) is 0 Å². The van der Waals surface area contributed by atoms with Crippen molar-refractivity contribution in [1.82, 2.24) is 19.9 Å². The Kier molecular flexibility index (Phi) is 5.72. The number of aromatic nitrogens is 4. The number of hydrogen-bond donors (Lipinski definition) is 1. The van der Waals surface area contributed by atoms with Gasteiger partial charge in [-0.2, -0.15) is 10.1 Å². The summed E-state index contributed by atoms with van der Waals surface area (Å²) in [7, 11) is 1.51. The second kappa shape index (κ2) is 8.19. The fourth-order valence-corrected chi connectivity index (χ4v) is 2.47. The van der Waals surface area contributed by atoms with Crippen molar-refractivity contribution in [3.8, 4) is 5.75 Å². The first kappa shape index (κ1) is 18.9. The highest BCUT2D eigenvalue weighted by atomic mass is 35.5. The van der Waals surface area contributed by atoms with Gasteiger partial charge in [-0.05, 0) is 12.1 Å². The van der Waals surface area contributed by atoms with Crippen LogP contribution in [0.1, 0.15) is 11.7 Å². The molecule has 0 unspecified atom stereocenters. The largest absolute Gasteiger partial charge is 0.495 e. The molecule has 3 rings (SSSR count). The number of anilines is 1. The molecule has 0 aliphatic heterocycles. The van der Waals surface area contributed by atoms with Gasteiger partial charge in [0, 0.05) is 0 Å². The predicted octanol–water partition coefficient (Wildman–Crippen LogP) is 2.17. The van der Waals surface area contributed by atoms with Crippen LogP contribution < -0.4 is 15.6 Å². The molecule has 0 bridgehead atoms. The molecule has 9 nitrogen and oxygen atoms in total. The number of carbonyl (C=O) groups is 1. The van der Waals surface area contributed by atoms with Gasteiger partial charge < -0.3 is 14.6 Å². The minimum atomic E-state index is -0.585. The van der Waals surface area contributed by atoms with Gasteiger partial charge in [0.1, 0.15) is 17.3 Å². The third kappa shape index (κ3) is 4.44. The number of rotatable bonds is 6. The summed E-state index contributed by atoms with van der Waals surface area (Å²) in [5.74, 6) is 0.440. The lowest BCUT2D eigenvalue weighted by Crippen LogP contribution is -2.24. The summed E-state index contributed by atoms with van der Waals surface area (Å²) in [5.41, 5.74) is -0.0573. The molecule has 1 aromatic carbocycles. The van der Waals surface area contributed by atoms with Crippen LogP contribution in [0.4, 0.5) is 5.69 Å². The number of carbonyl (C=O) groups excluding carboxylic acids is 1. The number of para-hydroxylation sites is 2. The van der Waals surface area contributed by atoms with Gasteiger partial charge >= 0.3 is 0 Å². The molecule has 2 aromatic heterocycles. The maximum Gasteiger partial charge on any atom is 0.287 e. The average molecular weight is 410 g/mol. The maximum absolute atomic E-state index is 12.2. The molecule has 0 fully saturated rings. The first-order chi connectivity index (χ1) is 13.0. The summed E-state index contributed by atoms with van der Waals surface area (Å²) in [4.78, 5) is 28.2. The van der Waals surface area contributed by atoms with Gasteiger partial charge in [0.25, 0.3) is 5.56 Å². The van der Waals surface area contributed by atoms with Gasteiger partial charge in [0.15, 0.2) is 5.82 Å². The quantitative estimate of drug-likeness (QED) is 0.663. The monoisotopic (exact) mass is 409 g/mol. The van der Waals surface area contributed by atoms with Crippen LogP contribution in [0.3, 0.4) is 0 Å². The standard InChI is InChI=1S/C16H13Cl2N5O4/c1-26-11-5-3-2-4-10(11)20-13(24)6-12-21-14(27-22-12)8-23-16(25)15(18)9(17)7-19-23/h2-5,7H,6,8H2,1H3,(H,20,24). The normalized spacial score (nSPS) is 10.6. The van der Waals surface area contributed by atoms with Crippen LogP contribution >= 0.6 is 23.2 Å². The van der Waals surface area contributed by atoms with Crippen molar-refractivity contribution in [3.05, 3.63) is 62.6 Å². The molecule has 0 aliphatic carbocycles. The van der Waals surface area contributed by atoms with Gasteiger partial charge in [0.05, 0.1) is 30.4 Å². The Morgan fingerprint density at radius 3 is 2.89 bits per heavy atom. The van der Waals surface area contributed by atoms with E-state index in [1.807, 2.05) is 0 Å². The molecule has 1 amide bonds. The number of nitrogens with one attached hydrogen (secondary N) is 1. The third-order valence-corrected chi connectivity index (χ3v) is 4.19. The zero-order valence-electron chi connectivity index (χ0n) is 14.0. The number of hydrogen-bond acceptors (Lipinski definition) is 7. The summed E-state index contributed by atoms with van der Waals surface area (Å²) in [5, 5.41) is 10.2. The Hall–Kier alpha value is -2.91. The van der Waals surface area contributed by atoms with Crippen LogP contribution in [0.2, 0.25) is 10.0 Å². The van der Waals surface area contributed by atoms with Gasteiger partial charge in [0.2, 0.25) is 11.8 Å². The van der Waals surface area contributed by atoms with E-state index in [0.717, 1.165) is 4.68 Å². The first-order valence-electron chi connectivity index (χ1n) is 7.63. The first-order valence-corrected chi connectivity index (χ1v) is 8.39. The van der Waals surface area contributed by atoms with Crippen molar-refractivity contribution in [2.24, 2.45) is 0 Å². The van der Waals surface area contributed by atoms with E-state index in [2.05, 4.69) is 20.6 Å². The Morgan fingerprint density at radius 2 is 2.11 bits per heavy atom. The molecule has 0 saturated carbocycles. The van der Waals surface area contributed by atoms with Crippen LogP contribution in [0, 0.1) is 0 Å². The highest BCUT2D eigenvalue weighted by Crippen LogP contribution is 2.23. The number of halogens is 2. The fourth-order valence-electron chi connectivity index (χ4n) is 2.20. The van der Waals surface area contributed by atoms with Crippen molar-refractivity contribution in [2.75, 3.05) is 12.4 Å². The van der Waals surface area contributed by atoms with E-state index in [1.165, 1.54) is 13.3 Å². The van der Waals surface area contributed by atoms with Crippen LogP contribution in [0.5, 0.6) is 5.75 Å². The van der Waals surface area contributed by atoms with Crippen LogP contribution in [-0.2, 0) is 17.8 Å². The summed E-state index contributed by atoms with van der Waals surface area (Å²) in [6.45, 7) is -0.100. The van der Waals surface area contributed by atoms with Crippen LogP contribution in [-0.4, -0.2) is 32.9 Å². The zero-order valence-corrected chi connectivity index (χ0v) is 15.5. The Labute approximate surface area is 162 Å². The fraction of sp³-hybridized carbons (Fsp3) is 0.188. The maximum atomic E-state index is 12.2. The summed E-state index contributed by atoms with van der Waals surface area (Å²) in [6.07, 6.45) is 1.12. The minimum Gasteiger partial charge on any atom is -0.495 e. The molecule has 0 radical (unpaired) electrons. The van der Waals surface area contributed by atoms with E-state index in [4.69, 9.17) is 32.5 Å². The lowest BCUT2D eigenvalue weighted by atomic mass is 10.2. The molecule has 0 aliphatic rings. The number of benzene rings is 1. The molecule has 3 aromatic rings. The van der Waals surface area contributed by atoms with Gasteiger partial charge in [-0.15, -0.1) is 0 Å². The highest BCUT2D eigenvalue weighted by Gasteiger charge is 2.15. The Bertz CT molecular complexity index is 1030. The summed E-state index contributed by atoms with van der Waals surface area (Å²) in [6, 6.07) is 7.00. The molecule has 27 heavy (non-hydrogen) atoms. The van der Waals surface area contributed by atoms with Gasteiger partial charge in [-0.3, -0.25) is 9.59 Å². The van der Waals surface area contributed by atoms with E-state index in [0.29, 0.717) is 11.4 Å². The molecule has 2 heterocycles. The van der Waals surface area contributed by atoms with Crippen molar-refractivity contribution in [2.45, 2.75) is 13.0 Å². The molecule has 1 N–H and O–H groups in total. The second-order valence-corrected chi connectivity index (χ2v) is 6.08. The summed E-state index contributed by atoms with van der Waals surface area (Å²) >= 11 is 11.5. The average Bonchev–Trinajstić information content (AvgIpc) is 3.09. The Balaban J connectivity index is 1.67. The molecule has 11 heteroatoms. The zero-order chi connectivity index (χ0) is 19.4.